The summed E-state index contributed by atoms with van der Waals surface area (Å²) in [4.78, 5) is 4.73. The fraction of sp³-hybridized carbons (Fsp3) is 0.143. The second-order valence-electron chi connectivity index (χ2n) is 6.15. The lowest BCUT2D eigenvalue weighted by atomic mass is 10.1. The largest absolute Gasteiger partial charge is 0.493 e. The summed E-state index contributed by atoms with van der Waals surface area (Å²) in [6.07, 6.45) is 1.84. The van der Waals surface area contributed by atoms with Crippen molar-refractivity contribution in [2.45, 2.75) is 6.92 Å². The van der Waals surface area contributed by atoms with Gasteiger partial charge in [0.1, 0.15) is 0 Å². The van der Waals surface area contributed by atoms with Crippen molar-refractivity contribution in [2.24, 2.45) is 0 Å². The minimum Gasteiger partial charge on any atom is -0.493 e. The normalized spacial score (nSPS) is 11.0. The average Bonchev–Trinajstić information content (AvgIpc) is 3.11. The maximum atomic E-state index is 5.44. The lowest BCUT2D eigenvalue weighted by molar-refractivity contribution is 0.355. The molecular formula is C21H18BrN3O2. The number of nitrogens with zero attached hydrogens (tertiary/aromatic N) is 3. The predicted octanol–water partition coefficient (Wildman–Crippen LogP) is 5.15. The molecule has 0 radical (unpaired) electrons. The van der Waals surface area contributed by atoms with Crippen LogP contribution in [0.1, 0.15) is 5.69 Å². The Balaban J connectivity index is 1.91. The SMILES string of the molecule is COc1ccc(-c2cnn3c(-c4ccc(Br)cc4)cc(C)nc23)cc1OC. The Hall–Kier alpha value is -2.86. The lowest BCUT2D eigenvalue weighted by Crippen LogP contribution is -1.98. The van der Waals surface area contributed by atoms with Crippen molar-refractivity contribution >= 4 is 21.6 Å². The Morgan fingerprint density at radius 3 is 2.30 bits per heavy atom. The van der Waals surface area contributed by atoms with Gasteiger partial charge in [-0.15, -0.1) is 0 Å². The van der Waals surface area contributed by atoms with E-state index >= 15 is 0 Å². The molecule has 0 aliphatic carbocycles. The number of rotatable bonds is 4. The van der Waals surface area contributed by atoms with E-state index in [1.807, 2.05) is 54.0 Å². The summed E-state index contributed by atoms with van der Waals surface area (Å²) in [5.74, 6) is 1.37. The van der Waals surface area contributed by atoms with Gasteiger partial charge in [0.15, 0.2) is 17.1 Å². The van der Waals surface area contributed by atoms with Crippen LogP contribution in [0, 0.1) is 6.92 Å². The number of halogens is 1. The molecule has 2 aromatic heterocycles. The number of aromatic nitrogens is 3. The molecule has 0 fully saturated rings. The molecule has 0 saturated carbocycles. The number of methoxy groups -OCH3 is 2. The van der Waals surface area contributed by atoms with E-state index in [0.29, 0.717) is 11.5 Å². The molecule has 0 aliphatic rings. The molecule has 136 valence electrons. The van der Waals surface area contributed by atoms with Crippen LogP contribution in [0.5, 0.6) is 11.5 Å². The number of hydrogen-bond donors (Lipinski definition) is 0. The summed E-state index contributed by atoms with van der Waals surface area (Å²) in [6, 6.07) is 16.0. The molecule has 0 bridgehead atoms. The van der Waals surface area contributed by atoms with Crippen molar-refractivity contribution in [1.29, 1.82) is 0 Å². The first-order chi connectivity index (χ1) is 13.1. The van der Waals surface area contributed by atoms with Gasteiger partial charge in [-0.2, -0.15) is 5.10 Å². The van der Waals surface area contributed by atoms with E-state index in [9.17, 15) is 0 Å². The summed E-state index contributed by atoms with van der Waals surface area (Å²) in [5.41, 5.74) is 5.73. The van der Waals surface area contributed by atoms with Gasteiger partial charge in [-0.1, -0.05) is 34.1 Å². The molecule has 0 aliphatic heterocycles. The number of fused-ring (bicyclic) bond motifs is 1. The van der Waals surface area contributed by atoms with E-state index in [1.165, 1.54) is 0 Å². The highest BCUT2D eigenvalue weighted by Gasteiger charge is 2.15. The lowest BCUT2D eigenvalue weighted by Gasteiger charge is -2.10. The highest BCUT2D eigenvalue weighted by Crippen LogP contribution is 2.34. The maximum absolute atomic E-state index is 5.44. The van der Waals surface area contributed by atoms with Crippen molar-refractivity contribution in [3.05, 3.63) is 64.9 Å². The molecule has 4 aromatic rings. The van der Waals surface area contributed by atoms with Crippen LogP contribution in [-0.4, -0.2) is 28.8 Å². The van der Waals surface area contributed by atoms with Crippen LogP contribution in [-0.2, 0) is 0 Å². The molecule has 4 rings (SSSR count). The van der Waals surface area contributed by atoms with Gasteiger partial charge in [-0.25, -0.2) is 9.50 Å². The zero-order valence-electron chi connectivity index (χ0n) is 15.2. The Bertz CT molecular complexity index is 1120. The fourth-order valence-electron chi connectivity index (χ4n) is 3.12. The summed E-state index contributed by atoms with van der Waals surface area (Å²) in [6.45, 7) is 1.99. The topological polar surface area (TPSA) is 48.7 Å². The molecule has 0 atom stereocenters. The Kier molecular flexibility index (Phi) is 4.58. The Morgan fingerprint density at radius 2 is 1.59 bits per heavy atom. The van der Waals surface area contributed by atoms with Crippen molar-refractivity contribution in [3.63, 3.8) is 0 Å². The summed E-state index contributed by atoms with van der Waals surface area (Å²) >= 11 is 3.49. The Morgan fingerprint density at radius 1 is 0.889 bits per heavy atom. The van der Waals surface area contributed by atoms with Gasteiger partial charge in [0, 0.05) is 21.3 Å². The zero-order valence-corrected chi connectivity index (χ0v) is 16.8. The molecule has 2 heterocycles. The zero-order chi connectivity index (χ0) is 19.0. The minimum absolute atomic E-state index is 0.676. The van der Waals surface area contributed by atoms with Crippen LogP contribution >= 0.6 is 15.9 Å². The standard InChI is InChI=1S/C21H18BrN3O2/c1-13-10-18(14-4-7-16(22)8-5-14)25-21(24-13)17(12-23-25)15-6-9-19(26-2)20(11-15)27-3/h4-12H,1-3H3. The summed E-state index contributed by atoms with van der Waals surface area (Å²) in [5, 5.41) is 4.60. The molecule has 0 N–H and O–H groups in total. The van der Waals surface area contributed by atoms with Crippen LogP contribution in [0.3, 0.4) is 0 Å². The second kappa shape index (κ2) is 7.04. The quantitative estimate of drug-likeness (QED) is 0.455. The molecule has 2 aromatic carbocycles. The first-order valence-corrected chi connectivity index (χ1v) is 9.23. The van der Waals surface area contributed by atoms with E-state index < -0.39 is 0 Å². The number of aryl methyl sites for hydroxylation is 1. The third kappa shape index (κ3) is 3.17. The van der Waals surface area contributed by atoms with Gasteiger partial charge in [0.25, 0.3) is 0 Å². The molecule has 0 spiro atoms. The van der Waals surface area contributed by atoms with E-state index in [4.69, 9.17) is 14.5 Å². The second-order valence-corrected chi connectivity index (χ2v) is 7.07. The molecule has 27 heavy (non-hydrogen) atoms. The first kappa shape index (κ1) is 17.5. The van der Waals surface area contributed by atoms with E-state index in [1.54, 1.807) is 14.2 Å². The van der Waals surface area contributed by atoms with Gasteiger partial charge in [-0.3, -0.25) is 0 Å². The molecule has 6 heteroatoms. The monoisotopic (exact) mass is 423 g/mol. The van der Waals surface area contributed by atoms with Crippen LogP contribution in [0.25, 0.3) is 28.0 Å². The first-order valence-electron chi connectivity index (χ1n) is 8.44. The molecular weight excluding hydrogens is 406 g/mol. The van der Waals surface area contributed by atoms with Crippen LogP contribution in [0.2, 0.25) is 0 Å². The smallest absolute Gasteiger partial charge is 0.163 e. The Labute approximate surface area is 165 Å². The molecule has 0 amide bonds. The van der Waals surface area contributed by atoms with Gasteiger partial charge < -0.3 is 9.47 Å². The number of ether oxygens (including phenoxy) is 2. The predicted molar refractivity (Wildman–Crippen MR) is 109 cm³/mol. The van der Waals surface area contributed by atoms with Crippen molar-refractivity contribution in [3.8, 4) is 33.9 Å². The van der Waals surface area contributed by atoms with Gasteiger partial charge in [0.05, 0.1) is 26.1 Å². The molecule has 5 nitrogen and oxygen atoms in total. The van der Waals surface area contributed by atoms with Crippen molar-refractivity contribution < 1.29 is 9.47 Å². The van der Waals surface area contributed by atoms with Gasteiger partial charge in [-0.05, 0) is 42.8 Å². The van der Waals surface area contributed by atoms with Crippen LogP contribution in [0.4, 0.5) is 0 Å². The highest BCUT2D eigenvalue weighted by atomic mass is 79.9. The van der Waals surface area contributed by atoms with Crippen LogP contribution in [0.15, 0.2) is 59.2 Å². The van der Waals surface area contributed by atoms with Crippen molar-refractivity contribution in [1.82, 2.24) is 14.6 Å². The third-order valence-corrected chi connectivity index (χ3v) is 4.96. The van der Waals surface area contributed by atoms with Crippen molar-refractivity contribution in [2.75, 3.05) is 14.2 Å². The van der Waals surface area contributed by atoms with Gasteiger partial charge in [0.2, 0.25) is 0 Å². The number of hydrogen-bond acceptors (Lipinski definition) is 4. The van der Waals surface area contributed by atoms with E-state index in [0.717, 1.165) is 38.2 Å². The highest BCUT2D eigenvalue weighted by molar-refractivity contribution is 9.10. The maximum Gasteiger partial charge on any atom is 0.163 e. The van der Waals surface area contributed by atoms with Crippen LogP contribution < -0.4 is 9.47 Å². The van der Waals surface area contributed by atoms with Gasteiger partial charge >= 0.3 is 0 Å². The average molecular weight is 424 g/mol. The number of benzene rings is 2. The minimum atomic E-state index is 0.676. The fourth-order valence-corrected chi connectivity index (χ4v) is 3.38. The summed E-state index contributed by atoms with van der Waals surface area (Å²) in [7, 11) is 3.26. The van der Waals surface area contributed by atoms with E-state index in [-0.39, 0.29) is 0 Å². The molecule has 0 unspecified atom stereocenters. The third-order valence-electron chi connectivity index (χ3n) is 4.43. The van der Waals surface area contributed by atoms with E-state index in [2.05, 4.69) is 33.2 Å². The molecule has 0 saturated heterocycles. The summed E-state index contributed by atoms with van der Waals surface area (Å²) < 4.78 is 13.7.